The van der Waals surface area contributed by atoms with Crippen LogP contribution in [-0.2, 0) is 48.4 Å². The van der Waals surface area contributed by atoms with Crippen LogP contribution >= 0.6 is 0 Å². The Bertz CT molecular complexity index is 2570. The summed E-state index contributed by atoms with van der Waals surface area (Å²) in [6.07, 6.45) is 2.03. The molecule has 0 amide bonds. The Morgan fingerprint density at radius 2 is 0.639 bits per heavy atom. The molecule has 0 aromatic heterocycles. The predicted molar refractivity (Wildman–Crippen MR) is 274 cm³/mol. The number of rotatable bonds is 12. The van der Waals surface area contributed by atoms with Crippen LogP contribution in [0.4, 0.5) is 0 Å². The van der Waals surface area contributed by atoms with Gasteiger partial charge in [0, 0.05) is 36.8 Å². The van der Waals surface area contributed by atoms with Crippen molar-refractivity contribution in [2.45, 2.75) is 38.9 Å². The van der Waals surface area contributed by atoms with Gasteiger partial charge in [0.2, 0.25) is 0 Å². The minimum atomic E-state index is -0.122. The molecule has 10 rings (SSSR count). The number of ether oxygens (including phenoxy) is 10. The SMILES string of the molecule is OCc1ccccc1OCCOc1c2cccc1Cc1cccc3c1OCCOCCOc1ccccc1OCCOCCOc1c(cccc1Cc1cccc(c1OCCOc1ccccc1CO)C3)C2. The number of aliphatic hydroxyl groups is 2. The van der Waals surface area contributed by atoms with Gasteiger partial charge in [-0.3, -0.25) is 0 Å². The molecule has 2 aliphatic heterocycles. The van der Waals surface area contributed by atoms with Crippen LogP contribution in [0.5, 0.6) is 46.0 Å². The molecule has 0 unspecified atom stereocenters. The van der Waals surface area contributed by atoms with Crippen molar-refractivity contribution in [2.75, 3.05) is 79.3 Å². The highest BCUT2D eigenvalue weighted by molar-refractivity contribution is 5.56. The molecular weight excluding hydrogens is 913 g/mol. The second kappa shape index (κ2) is 25.8. The summed E-state index contributed by atoms with van der Waals surface area (Å²) in [6, 6.07) is 47.8. The minimum absolute atomic E-state index is 0.122. The summed E-state index contributed by atoms with van der Waals surface area (Å²) in [4.78, 5) is 0. The smallest absolute Gasteiger partial charge is 0.161 e. The van der Waals surface area contributed by atoms with E-state index in [4.69, 9.17) is 47.4 Å². The maximum Gasteiger partial charge on any atom is 0.161 e. The molecule has 7 aromatic carbocycles. The van der Waals surface area contributed by atoms with Crippen molar-refractivity contribution in [1.82, 2.24) is 0 Å². The second-order valence-corrected chi connectivity index (χ2v) is 17.3. The third-order valence-corrected chi connectivity index (χ3v) is 12.5. The van der Waals surface area contributed by atoms with E-state index in [9.17, 15) is 10.2 Å². The molecule has 12 nitrogen and oxygen atoms in total. The zero-order chi connectivity index (χ0) is 49.2. The minimum Gasteiger partial charge on any atom is -0.491 e. The van der Waals surface area contributed by atoms with E-state index < -0.39 is 0 Å². The van der Waals surface area contributed by atoms with Crippen LogP contribution in [0.1, 0.15) is 55.6 Å². The van der Waals surface area contributed by atoms with Gasteiger partial charge in [0.25, 0.3) is 0 Å². The van der Waals surface area contributed by atoms with E-state index in [1.54, 1.807) is 0 Å². The molecule has 0 atom stereocenters. The molecule has 0 radical (unpaired) electrons. The molecule has 10 bridgehead atoms. The molecule has 2 heterocycles. The maximum absolute atomic E-state index is 9.96. The summed E-state index contributed by atoms with van der Waals surface area (Å²) >= 11 is 0. The Labute approximate surface area is 421 Å². The molecule has 0 fully saturated rings. The maximum atomic E-state index is 9.96. The number of hydrogen-bond donors (Lipinski definition) is 2. The first-order valence-corrected chi connectivity index (χ1v) is 24.7. The molecule has 2 N–H and O–H groups in total. The monoisotopic (exact) mass is 974 g/mol. The van der Waals surface area contributed by atoms with E-state index in [0.717, 1.165) is 67.5 Å². The van der Waals surface area contributed by atoms with Crippen LogP contribution in [0.3, 0.4) is 0 Å². The average molecular weight is 975 g/mol. The summed E-state index contributed by atoms with van der Waals surface area (Å²) in [5, 5.41) is 19.9. The van der Waals surface area contributed by atoms with Gasteiger partial charge in [0.15, 0.2) is 11.5 Å². The van der Waals surface area contributed by atoms with Crippen molar-refractivity contribution in [3.8, 4) is 46.0 Å². The summed E-state index contributed by atoms with van der Waals surface area (Å²) in [6.45, 7) is 3.45. The van der Waals surface area contributed by atoms with Gasteiger partial charge < -0.3 is 57.6 Å². The molecule has 0 saturated heterocycles. The van der Waals surface area contributed by atoms with Gasteiger partial charge in [-0.05, 0) is 68.8 Å². The van der Waals surface area contributed by atoms with Crippen LogP contribution in [0, 0.1) is 0 Å². The van der Waals surface area contributed by atoms with Gasteiger partial charge in [-0.2, -0.15) is 0 Å². The molecule has 7 aromatic rings. The number of para-hydroxylation sites is 8. The van der Waals surface area contributed by atoms with Crippen LogP contribution in [0.15, 0.2) is 146 Å². The first-order chi connectivity index (χ1) is 35.6. The van der Waals surface area contributed by atoms with E-state index in [1.807, 2.05) is 72.8 Å². The first kappa shape index (κ1) is 49.7. The molecule has 12 heteroatoms. The standard InChI is InChI=1S/C60H62O12/c61-41-51-11-1-3-21-53(51)65-33-35-71-59-47-17-9-18-48(59)38-44-14-8-16-46-40-50-20-10-19-49(60(50)72-36-34-66-54-22-4-2-12-52(54)42-62)39-45-15-7-13-43(37-47)57(45)69-31-27-63-25-29-67-55-23-5-6-24-56(55)68-30-26-64-28-32-70-58(44)46/h1-24,61-62H,25-42H2. The third-order valence-electron chi connectivity index (χ3n) is 12.5. The molecule has 72 heavy (non-hydrogen) atoms. The van der Waals surface area contributed by atoms with Crippen molar-refractivity contribution < 1.29 is 57.6 Å². The van der Waals surface area contributed by atoms with E-state index in [2.05, 4.69) is 72.8 Å². The Morgan fingerprint density at radius 1 is 0.319 bits per heavy atom. The number of benzene rings is 7. The summed E-state index contributed by atoms with van der Waals surface area (Å²) in [5.74, 6) is 5.58. The van der Waals surface area contributed by atoms with E-state index in [-0.39, 0.29) is 39.6 Å². The predicted octanol–water partition coefficient (Wildman–Crippen LogP) is 9.53. The number of hydrogen-bond acceptors (Lipinski definition) is 12. The van der Waals surface area contributed by atoms with Gasteiger partial charge in [-0.25, -0.2) is 0 Å². The molecule has 3 aliphatic rings. The van der Waals surface area contributed by atoms with Crippen LogP contribution in [0.2, 0.25) is 0 Å². The highest BCUT2D eigenvalue weighted by Gasteiger charge is 2.22. The Balaban J connectivity index is 1.10. The van der Waals surface area contributed by atoms with Gasteiger partial charge in [0.05, 0.1) is 39.6 Å². The number of fused-ring (bicyclic) bond motifs is 12. The Morgan fingerprint density at radius 3 is 1.01 bits per heavy atom. The quantitative estimate of drug-likeness (QED) is 0.0893. The van der Waals surface area contributed by atoms with Gasteiger partial charge >= 0.3 is 0 Å². The van der Waals surface area contributed by atoms with Crippen molar-refractivity contribution in [3.63, 3.8) is 0 Å². The van der Waals surface area contributed by atoms with Crippen LogP contribution in [-0.4, -0.2) is 89.5 Å². The van der Waals surface area contributed by atoms with Crippen molar-refractivity contribution in [3.05, 3.63) is 201 Å². The van der Waals surface area contributed by atoms with Crippen LogP contribution in [0.25, 0.3) is 0 Å². The highest BCUT2D eigenvalue weighted by Crippen LogP contribution is 2.39. The molecule has 374 valence electrons. The van der Waals surface area contributed by atoms with Gasteiger partial charge in [-0.15, -0.1) is 0 Å². The van der Waals surface area contributed by atoms with Gasteiger partial charge in [-0.1, -0.05) is 121 Å². The lowest BCUT2D eigenvalue weighted by molar-refractivity contribution is 0.0695. The van der Waals surface area contributed by atoms with Crippen molar-refractivity contribution >= 4 is 0 Å². The lowest BCUT2D eigenvalue weighted by atomic mass is 9.91. The Hall–Kier alpha value is -7.22. The largest absolute Gasteiger partial charge is 0.491 e. The van der Waals surface area contributed by atoms with E-state index in [0.29, 0.717) is 113 Å². The number of aliphatic hydroxyl groups excluding tert-OH is 2. The fourth-order valence-electron chi connectivity index (χ4n) is 9.09. The second-order valence-electron chi connectivity index (χ2n) is 17.3. The normalized spacial score (nSPS) is 14.2. The molecule has 0 spiro atoms. The zero-order valence-electron chi connectivity index (χ0n) is 40.6. The third kappa shape index (κ3) is 13.0. The first-order valence-electron chi connectivity index (χ1n) is 24.7. The summed E-state index contributed by atoms with van der Waals surface area (Å²) < 4.78 is 63.9. The fraction of sp³-hybridized carbons (Fsp3) is 0.300. The summed E-state index contributed by atoms with van der Waals surface area (Å²) in [5.41, 5.74) is 9.32. The highest BCUT2D eigenvalue weighted by atomic mass is 16.6. The fourth-order valence-corrected chi connectivity index (χ4v) is 9.09. The average Bonchev–Trinajstić information content (AvgIpc) is 3.40. The van der Waals surface area contributed by atoms with E-state index in [1.165, 1.54) is 0 Å². The summed E-state index contributed by atoms with van der Waals surface area (Å²) in [7, 11) is 0. The topological polar surface area (TPSA) is 133 Å². The lowest BCUT2D eigenvalue weighted by Crippen LogP contribution is -2.15. The molecule has 0 saturated carbocycles. The van der Waals surface area contributed by atoms with Crippen molar-refractivity contribution in [2.24, 2.45) is 0 Å². The lowest BCUT2D eigenvalue weighted by Gasteiger charge is -2.23. The Kier molecular flexibility index (Phi) is 17.8. The van der Waals surface area contributed by atoms with Crippen LogP contribution < -0.4 is 37.9 Å². The van der Waals surface area contributed by atoms with Gasteiger partial charge in [0.1, 0.15) is 87.4 Å². The van der Waals surface area contributed by atoms with E-state index >= 15 is 0 Å². The zero-order valence-corrected chi connectivity index (χ0v) is 40.6. The molecule has 1 aliphatic carbocycles. The molecular formula is C60H62O12. The van der Waals surface area contributed by atoms with Crippen molar-refractivity contribution in [1.29, 1.82) is 0 Å².